The summed E-state index contributed by atoms with van der Waals surface area (Å²) in [6.07, 6.45) is -3.34. The first-order valence-electron chi connectivity index (χ1n) is 4.61. The first kappa shape index (κ1) is 13.6. The monoisotopic (exact) mass is 386 g/mol. The van der Waals surface area contributed by atoms with Crippen molar-refractivity contribution in [2.45, 2.75) is 6.18 Å². The third kappa shape index (κ3) is 2.33. The lowest BCUT2D eigenvalue weighted by Crippen LogP contribution is -2.09. The zero-order valence-electron chi connectivity index (χ0n) is 8.49. The van der Waals surface area contributed by atoms with Crippen LogP contribution in [0.15, 0.2) is 37.8 Å². The van der Waals surface area contributed by atoms with Crippen molar-refractivity contribution in [3.63, 3.8) is 0 Å². The van der Waals surface area contributed by atoms with Crippen molar-refractivity contribution in [3.05, 3.63) is 44.8 Å². The molecule has 0 fully saturated rings. The molecule has 0 bridgehead atoms. The molecule has 0 aliphatic carbocycles. The molecule has 0 radical (unpaired) electrons. The van der Waals surface area contributed by atoms with Gasteiger partial charge in [0.05, 0.1) is 17.4 Å². The Hall–Kier alpha value is -0.820. The Bertz CT molecular complexity index is 576. The first-order chi connectivity index (χ1) is 8.32. The van der Waals surface area contributed by atoms with E-state index in [1.54, 1.807) is 0 Å². The number of rotatable bonds is 1. The van der Waals surface area contributed by atoms with Gasteiger partial charge in [-0.2, -0.15) is 13.2 Å². The third-order valence-electron chi connectivity index (χ3n) is 2.22. The lowest BCUT2D eigenvalue weighted by atomic mass is 10.1. The van der Waals surface area contributed by atoms with Gasteiger partial charge in [0.2, 0.25) is 0 Å². The van der Waals surface area contributed by atoms with Crippen LogP contribution in [0.2, 0.25) is 0 Å². The van der Waals surface area contributed by atoms with Crippen LogP contribution in [0.1, 0.15) is 5.56 Å². The van der Waals surface area contributed by atoms with Gasteiger partial charge in [0.25, 0.3) is 0 Å². The minimum atomic E-state index is -4.60. The average molecular weight is 388 g/mol. The molecule has 2 rings (SSSR count). The van der Waals surface area contributed by atoms with E-state index in [2.05, 4.69) is 31.9 Å². The van der Waals surface area contributed by atoms with E-state index in [1.165, 1.54) is 18.4 Å². The highest BCUT2D eigenvalue weighted by Gasteiger charge is 2.37. The lowest BCUT2D eigenvalue weighted by molar-refractivity contribution is -0.138. The van der Waals surface area contributed by atoms with Crippen molar-refractivity contribution >= 4 is 31.9 Å². The van der Waals surface area contributed by atoms with Crippen molar-refractivity contribution in [2.75, 3.05) is 0 Å². The molecule has 96 valence electrons. The first-order valence-corrected chi connectivity index (χ1v) is 6.19. The van der Waals surface area contributed by atoms with Gasteiger partial charge in [-0.05, 0) is 34.1 Å². The Labute approximate surface area is 116 Å². The summed E-state index contributed by atoms with van der Waals surface area (Å²) in [6, 6.07) is 3.62. The van der Waals surface area contributed by atoms with Crippen molar-refractivity contribution in [1.82, 2.24) is 0 Å². The molecule has 0 amide bonds. The van der Waals surface area contributed by atoms with Crippen LogP contribution >= 0.6 is 31.9 Å². The normalized spacial score (nSPS) is 11.9. The molecule has 0 aliphatic heterocycles. The van der Waals surface area contributed by atoms with E-state index in [0.29, 0.717) is 0 Å². The summed E-state index contributed by atoms with van der Waals surface area (Å²) in [5.41, 5.74) is -1.23. The van der Waals surface area contributed by atoms with Gasteiger partial charge in [0, 0.05) is 8.95 Å². The van der Waals surface area contributed by atoms with E-state index in [9.17, 15) is 17.6 Å². The van der Waals surface area contributed by atoms with Crippen LogP contribution in [0.4, 0.5) is 17.6 Å². The van der Waals surface area contributed by atoms with E-state index < -0.39 is 22.0 Å². The fourth-order valence-corrected chi connectivity index (χ4v) is 3.21. The Morgan fingerprint density at radius 2 is 1.83 bits per heavy atom. The fraction of sp³-hybridized carbons (Fsp3) is 0.0909. The summed E-state index contributed by atoms with van der Waals surface area (Å²) in [5.74, 6) is -0.783. The molecule has 1 aromatic heterocycles. The topological polar surface area (TPSA) is 13.1 Å². The third-order valence-corrected chi connectivity index (χ3v) is 3.64. The van der Waals surface area contributed by atoms with Crippen molar-refractivity contribution in [3.8, 4) is 11.3 Å². The van der Waals surface area contributed by atoms with Crippen LogP contribution < -0.4 is 0 Å². The van der Waals surface area contributed by atoms with Gasteiger partial charge in [-0.3, -0.25) is 0 Å². The highest BCUT2D eigenvalue weighted by atomic mass is 79.9. The predicted octanol–water partition coefficient (Wildman–Crippen LogP) is 5.63. The largest absolute Gasteiger partial charge is 0.464 e. The number of hydrogen-bond donors (Lipinski definition) is 0. The number of benzene rings is 1. The maximum atomic E-state index is 13.8. The van der Waals surface area contributed by atoms with Crippen molar-refractivity contribution in [1.29, 1.82) is 0 Å². The maximum Gasteiger partial charge on any atom is 0.418 e. The van der Waals surface area contributed by atoms with E-state index in [4.69, 9.17) is 4.42 Å². The van der Waals surface area contributed by atoms with Crippen LogP contribution in [-0.4, -0.2) is 0 Å². The van der Waals surface area contributed by atoms with Crippen LogP contribution in [-0.2, 0) is 6.18 Å². The number of furan rings is 1. The zero-order valence-corrected chi connectivity index (χ0v) is 11.7. The number of halogens is 6. The summed E-state index contributed by atoms with van der Waals surface area (Å²) in [5, 5.41) is 0. The molecule has 0 spiro atoms. The second-order valence-corrected chi connectivity index (χ2v) is 5.03. The summed E-state index contributed by atoms with van der Waals surface area (Å²) in [6.45, 7) is 0. The highest BCUT2D eigenvalue weighted by Crippen LogP contribution is 2.45. The van der Waals surface area contributed by atoms with Gasteiger partial charge in [0.1, 0.15) is 11.6 Å². The predicted molar refractivity (Wildman–Crippen MR) is 64.5 cm³/mol. The molecule has 7 heteroatoms. The molecule has 18 heavy (non-hydrogen) atoms. The number of hydrogen-bond acceptors (Lipinski definition) is 1. The second kappa shape index (κ2) is 4.70. The van der Waals surface area contributed by atoms with Crippen LogP contribution in [0.5, 0.6) is 0 Å². The van der Waals surface area contributed by atoms with Crippen LogP contribution in [0.25, 0.3) is 11.3 Å². The SMILES string of the molecule is Fc1cc(Br)c(C(F)(F)F)c(Br)c1-c1ccco1. The molecule has 1 nitrogen and oxygen atoms in total. The molecule has 1 heterocycles. The molecule has 2 aromatic rings. The fourth-order valence-electron chi connectivity index (χ4n) is 1.50. The van der Waals surface area contributed by atoms with Gasteiger partial charge >= 0.3 is 6.18 Å². The van der Waals surface area contributed by atoms with Gasteiger partial charge < -0.3 is 4.42 Å². The smallest absolute Gasteiger partial charge is 0.418 e. The van der Waals surface area contributed by atoms with Crippen LogP contribution in [0, 0.1) is 5.82 Å². The molecular formula is C11H4Br2F4O. The molecule has 0 saturated heterocycles. The Morgan fingerprint density at radius 1 is 1.17 bits per heavy atom. The Morgan fingerprint density at radius 3 is 2.33 bits per heavy atom. The summed E-state index contributed by atoms with van der Waals surface area (Å²) < 4.78 is 56.5. The Balaban J connectivity index is 2.76. The maximum absolute atomic E-state index is 13.8. The van der Waals surface area contributed by atoms with Gasteiger partial charge in [0.15, 0.2) is 0 Å². The van der Waals surface area contributed by atoms with E-state index in [1.807, 2.05) is 0 Å². The molecular weight excluding hydrogens is 384 g/mol. The molecule has 0 atom stereocenters. The summed E-state index contributed by atoms with van der Waals surface area (Å²) >= 11 is 5.50. The molecule has 0 aliphatic rings. The molecule has 0 unspecified atom stereocenters. The highest BCUT2D eigenvalue weighted by molar-refractivity contribution is 9.11. The van der Waals surface area contributed by atoms with E-state index in [-0.39, 0.29) is 15.8 Å². The Kier molecular flexibility index (Phi) is 3.55. The average Bonchev–Trinajstić information content (AvgIpc) is 2.67. The van der Waals surface area contributed by atoms with E-state index in [0.717, 1.165) is 6.07 Å². The summed E-state index contributed by atoms with van der Waals surface area (Å²) in [4.78, 5) is 0. The second-order valence-electron chi connectivity index (χ2n) is 3.38. The summed E-state index contributed by atoms with van der Waals surface area (Å²) in [7, 11) is 0. The minimum absolute atomic E-state index is 0.0253. The van der Waals surface area contributed by atoms with Gasteiger partial charge in [-0.25, -0.2) is 4.39 Å². The minimum Gasteiger partial charge on any atom is -0.464 e. The van der Waals surface area contributed by atoms with Crippen molar-refractivity contribution in [2.24, 2.45) is 0 Å². The lowest BCUT2D eigenvalue weighted by Gasteiger charge is -2.14. The van der Waals surface area contributed by atoms with Crippen molar-refractivity contribution < 1.29 is 22.0 Å². The zero-order chi connectivity index (χ0) is 13.5. The molecule has 0 N–H and O–H groups in total. The van der Waals surface area contributed by atoms with Crippen LogP contribution in [0.3, 0.4) is 0 Å². The van der Waals surface area contributed by atoms with Gasteiger partial charge in [-0.15, -0.1) is 0 Å². The van der Waals surface area contributed by atoms with E-state index >= 15 is 0 Å². The molecule has 0 saturated carbocycles. The number of alkyl halides is 3. The standard InChI is InChI=1S/C11H4Br2F4O/c12-5-4-6(14)8(7-2-1-3-18-7)10(13)9(5)11(15,16)17/h1-4H. The van der Waals surface area contributed by atoms with Gasteiger partial charge in [-0.1, -0.05) is 15.9 Å². The molecule has 1 aromatic carbocycles. The quantitative estimate of drug-likeness (QED) is 0.578.